The molecule has 0 aromatic heterocycles. The van der Waals surface area contributed by atoms with Gasteiger partial charge in [-0.1, -0.05) is 40.2 Å². The lowest BCUT2D eigenvalue weighted by atomic mass is 10.1. The lowest BCUT2D eigenvalue weighted by Crippen LogP contribution is -3.08. The van der Waals surface area contributed by atoms with Gasteiger partial charge in [0.25, 0.3) is 5.91 Å². The highest BCUT2D eigenvalue weighted by molar-refractivity contribution is 9.10. The quantitative estimate of drug-likeness (QED) is 0.760. The highest BCUT2D eigenvalue weighted by Crippen LogP contribution is 2.16. The van der Waals surface area contributed by atoms with E-state index in [1.807, 2.05) is 62.5 Å². The number of carbonyl (C=O) groups is 1. The van der Waals surface area contributed by atoms with Crippen LogP contribution in [0.4, 0.5) is 0 Å². The van der Waals surface area contributed by atoms with E-state index < -0.39 is 0 Å². The number of ether oxygens (including phenoxy) is 1. The Labute approximate surface area is 151 Å². The van der Waals surface area contributed by atoms with Crippen molar-refractivity contribution in [3.05, 3.63) is 64.1 Å². The molecule has 2 aromatic carbocycles. The molecule has 0 fully saturated rings. The highest BCUT2D eigenvalue weighted by atomic mass is 79.9. The minimum Gasteiger partial charge on any atom is -0.497 e. The summed E-state index contributed by atoms with van der Waals surface area (Å²) in [6.07, 6.45) is 0. The smallest absolute Gasteiger partial charge is 0.275 e. The summed E-state index contributed by atoms with van der Waals surface area (Å²) in [5.41, 5.74) is 2.25. The second-order valence-corrected chi connectivity index (χ2v) is 6.92. The van der Waals surface area contributed by atoms with Crippen molar-refractivity contribution in [1.82, 2.24) is 5.32 Å². The van der Waals surface area contributed by atoms with Crippen molar-refractivity contribution in [3.63, 3.8) is 0 Å². The Morgan fingerprint density at radius 3 is 2.62 bits per heavy atom. The van der Waals surface area contributed by atoms with Gasteiger partial charge in [0.05, 0.1) is 20.2 Å². The summed E-state index contributed by atoms with van der Waals surface area (Å²) < 4.78 is 6.27. The zero-order valence-corrected chi connectivity index (χ0v) is 15.9. The van der Waals surface area contributed by atoms with Crippen molar-refractivity contribution < 1.29 is 14.4 Å². The Morgan fingerprint density at radius 1 is 1.25 bits per heavy atom. The van der Waals surface area contributed by atoms with Crippen molar-refractivity contribution in [1.29, 1.82) is 0 Å². The normalized spacial score (nSPS) is 13.2. The van der Waals surface area contributed by atoms with Crippen LogP contribution >= 0.6 is 15.9 Å². The predicted molar refractivity (Wildman–Crippen MR) is 99.2 cm³/mol. The number of amides is 1. The van der Waals surface area contributed by atoms with Gasteiger partial charge in [-0.05, 0) is 36.8 Å². The maximum atomic E-state index is 12.3. The van der Waals surface area contributed by atoms with Crippen LogP contribution in [-0.4, -0.2) is 26.6 Å². The largest absolute Gasteiger partial charge is 0.497 e. The van der Waals surface area contributed by atoms with Gasteiger partial charge in [-0.2, -0.15) is 0 Å². The minimum absolute atomic E-state index is 0.00443. The van der Waals surface area contributed by atoms with Gasteiger partial charge in [0, 0.05) is 10.0 Å². The van der Waals surface area contributed by atoms with Crippen LogP contribution in [0.1, 0.15) is 24.1 Å². The molecule has 4 nitrogen and oxygen atoms in total. The van der Waals surface area contributed by atoms with Crippen LogP contribution in [0.5, 0.6) is 5.75 Å². The summed E-state index contributed by atoms with van der Waals surface area (Å²) in [6.45, 7) is 3.20. The lowest BCUT2D eigenvalue weighted by molar-refractivity contribution is -0.885. The molecular weight excluding hydrogens is 368 g/mol. The van der Waals surface area contributed by atoms with Gasteiger partial charge in [0.1, 0.15) is 12.3 Å². The summed E-state index contributed by atoms with van der Waals surface area (Å²) in [5, 5.41) is 3.06. The van der Waals surface area contributed by atoms with Crippen LogP contribution in [-0.2, 0) is 11.3 Å². The third-order valence-electron chi connectivity index (χ3n) is 3.85. The fourth-order valence-electron chi connectivity index (χ4n) is 2.59. The van der Waals surface area contributed by atoms with E-state index in [0.717, 1.165) is 32.8 Å². The van der Waals surface area contributed by atoms with Crippen molar-refractivity contribution >= 4 is 21.8 Å². The van der Waals surface area contributed by atoms with Crippen LogP contribution in [0.25, 0.3) is 0 Å². The number of halogens is 1. The number of benzene rings is 2. The maximum Gasteiger partial charge on any atom is 0.275 e. The molecule has 24 heavy (non-hydrogen) atoms. The molecule has 1 unspecified atom stereocenters. The van der Waals surface area contributed by atoms with Crippen molar-refractivity contribution in [3.8, 4) is 5.75 Å². The average Bonchev–Trinajstić information content (AvgIpc) is 2.55. The first kappa shape index (κ1) is 18.5. The monoisotopic (exact) mass is 391 g/mol. The molecule has 2 rings (SSSR count). The summed E-state index contributed by atoms with van der Waals surface area (Å²) >= 11 is 3.42. The van der Waals surface area contributed by atoms with Gasteiger partial charge in [-0.15, -0.1) is 0 Å². The molecule has 0 aliphatic heterocycles. The second-order valence-electron chi connectivity index (χ2n) is 6.00. The van der Waals surface area contributed by atoms with Gasteiger partial charge >= 0.3 is 0 Å². The molecule has 2 aromatic rings. The number of rotatable bonds is 7. The number of methoxy groups -OCH3 is 1. The molecule has 0 aliphatic rings. The first-order chi connectivity index (χ1) is 11.5. The topological polar surface area (TPSA) is 42.8 Å². The fraction of sp³-hybridized carbons (Fsp3) is 0.316. The zero-order chi connectivity index (χ0) is 17.5. The number of hydrogen-bond acceptors (Lipinski definition) is 2. The SMILES string of the molecule is COc1cccc(C[NH+](C)CC(=O)N[C@@H](C)c2ccc(Br)cc2)c1. The molecule has 1 amide bonds. The highest BCUT2D eigenvalue weighted by Gasteiger charge is 2.14. The van der Waals surface area contributed by atoms with E-state index in [-0.39, 0.29) is 11.9 Å². The van der Waals surface area contributed by atoms with Gasteiger partial charge in [-0.25, -0.2) is 0 Å². The van der Waals surface area contributed by atoms with E-state index in [0.29, 0.717) is 6.54 Å². The number of hydrogen-bond donors (Lipinski definition) is 2. The summed E-state index contributed by atoms with van der Waals surface area (Å²) in [5.74, 6) is 0.888. The molecule has 0 bridgehead atoms. The Balaban J connectivity index is 1.85. The molecule has 0 aliphatic carbocycles. The van der Waals surface area contributed by atoms with E-state index in [1.165, 1.54) is 0 Å². The van der Waals surface area contributed by atoms with Crippen molar-refractivity contribution in [2.24, 2.45) is 0 Å². The van der Waals surface area contributed by atoms with E-state index in [1.54, 1.807) is 7.11 Å². The van der Waals surface area contributed by atoms with E-state index in [2.05, 4.69) is 21.2 Å². The van der Waals surface area contributed by atoms with Crippen LogP contribution in [0, 0.1) is 0 Å². The average molecular weight is 392 g/mol. The second kappa shape index (κ2) is 8.85. The first-order valence-electron chi connectivity index (χ1n) is 7.97. The van der Waals surface area contributed by atoms with Crippen LogP contribution in [0.15, 0.2) is 53.0 Å². The molecule has 2 N–H and O–H groups in total. The van der Waals surface area contributed by atoms with Gasteiger partial charge in [-0.3, -0.25) is 4.79 Å². The lowest BCUT2D eigenvalue weighted by Gasteiger charge is -2.18. The van der Waals surface area contributed by atoms with E-state index in [9.17, 15) is 4.79 Å². The Bertz CT molecular complexity index is 673. The third-order valence-corrected chi connectivity index (χ3v) is 4.38. The summed E-state index contributed by atoms with van der Waals surface area (Å²) in [4.78, 5) is 13.4. The predicted octanol–water partition coefficient (Wildman–Crippen LogP) is 2.35. The van der Waals surface area contributed by atoms with Crippen LogP contribution < -0.4 is 15.0 Å². The molecule has 0 saturated carbocycles. The van der Waals surface area contributed by atoms with Crippen LogP contribution in [0.3, 0.4) is 0 Å². The fourth-order valence-corrected chi connectivity index (χ4v) is 2.86. The van der Waals surface area contributed by atoms with Gasteiger partial charge in [0.15, 0.2) is 6.54 Å². The molecule has 2 atom stereocenters. The number of carbonyl (C=O) groups excluding carboxylic acids is 1. The summed E-state index contributed by atoms with van der Waals surface area (Å²) in [7, 11) is 3.68. The molecule has 0 saturated heterocycles. The molecule has 0 radical (unpaired) electrons. The van der Waals surface area contributed by atoms with E-state index in [4.69, 9.17) is 4.74 Å². The third kappa shape index (κ3) is 5.65. The van der Waals surface area contributed by atoms with Gasteiger partial charge < -0.3 is 15.0 Å². The van der Waals surface area contributed by atoms with Crippen molar-refractivity contribution in [2.75, 3.05) is 20.7 Å². The minimum atomic E-state index is -0.00443. The Morgan fingerprint density at radius 2 is 1.96 bits per heavy atom. The molecule has 0 heterocycles. The zero-order valence-electron chi connectivity index (χ0n) is 14.3. The molecular formula is C19H24BrN2O2+. The Hall–Kier alpha value is -1.85. The maximum absolute atomic E-state index is 12.3. The Kier molecular flexibility index (Phi) is 6.82. The summed E-state index contributed by atoms with van der Waals surface area (Å²) in [6, 6.07) is 15.9. The molecule has 128 valence electrons. The first-order valence-corrected chi connectivity index (χ1v) is 8.76. The number of likely N-dealkylation sites (N-methyl/N-ethyl adjacent to an activating group) is 1. The standard InChI is InChI=1S/C19H23BrN2O2/c1-14(16-7-9-17(20)10-8-16)21-19(23)13-22(2)12-15-5-4-6-18(11-15)24-3/h4-11,14H,12-13H2,1-3H3,(H,21,23)/p+1/t14-/m0/s1. The van der Waals surface area contributed by atoms with Crippen molar-refractivity contribution in [2.45, 2.75) is 19.5 Å². The number of nitrogens with one attached hydrogen (secondary N) is 2. The molecule has 5 heteroatoms. The van der Waals surface area contributed by atoms with E-state index >= 15 is 0 Å². The number of quaternary nitrogens is 1. The van der Waals surface area contributed by atoms with Crippen LogP contribution in [0.2, 0.25) is 0 Å². The van der Waals surface area contributed by atoms with Gasteiger partial charge in [0.2, 0.25) is 0 Å². The molecule has 0 spiro atoms.